The molecule has 2 heterocycles. The number of pyridine rings is 1. The number of hydrogen-bond donors (Lipinski definition) is 1. The molecule has 1 amide bonds. The van der Waals surface area contributed by atoms with E-state index >= 15 is 0 Å². The maximum atomic E-state index is 12.5. The first-order valence-corrected chi connectivity index (χ1v) is 8.92. The second-order valence-corrected chi connectivity index (χ2v) is 7.56. The lowest BCUT2D eigenvalue weighted by molar-refractivity contribution is -0.137. The summed E-state index contributed by atoms with van der Waals surface area (Å²) in [5, 5.41) is 0. The van der Waals surface area contributed by atoms with Crippen molar-refractivity contribution in [3.63, 3.8) is 0 Å². The van der Waals surface area contributed by atoms with Gasteiger partial charge in [0.15, 0.2) is 0 Å². The summed E-state index contributed by atoms with van der Waals surface area (Å²) in [4.78, 5) is 17.3. The summed E-state index contributed by atoms with van der Waals surface area (Å²) in [5.74, 6) is -0.0815. The minimum Gasteiger partial charge on any atom is -0.366 e. The van der Waals surface area contributed by atoms with Crippen molar-refractivity contribution in [2.45, 2.75) is 24.4 Å². The fourth-order valence-electron chi connectivity index (χ4n) is 4.22. The molecular weight excluding hydrogens is 355 g/mol. The van der Waals surface area contributed by atoms with Crippen molar-refractivity contribution in [1.82, 2.24) is 9.88 Å². The highest BCUT2D eigenvalue weighted by Crippen LogP contribution is 2.59. The quantitative estimate of drug-likeness (QED) is 0.872. The summed E-state index contributed by atoms with van der Waals surface area (Å²) in [7, 11) is 0. The molecule has 1 saturated heterocycles. The van der Waals surface area contributed by atoms with Gasteiger partial charge in [-0.05, 0) is 29.5 Å². The van der Waals surface area contributed by atoms with Crippen LogP contribution in [0, 0.1) is 5.92 Å². The molecule has 1 saturated carbocycles. The van der Waals surface area contributed by atoms with E-state index in [2.05, 4.69) is 4.98 Å². The number of carbonyl (C=O) groups is 1. The SMILES string of the molecule is NC(=O)c1cncc(-c2ccc([C@@]34C[C@@H]3CN(CCC(F)(F)F)C4)cc2)c1. The number of primary amides is 1. The van der Waals surface area contributed by atoms with E-state index in [0.717, 1.165) is 24.1 Å². The largest absolute Gasteiger partial charge is 0.390 e. The van der Waals surface area contributed by atoms with Gasteiger partial charge in [-0.2, -0.15) is 13.2 Å². The van der Waals surface area contributed by atoms with Crippen molar-refractivity contribution in [1.29, 1.82) is 0 Å². The fraction of sp³-hybridized carbons (Fsp3) is 0.400. The van der Waals surface area contributed by atoms with Gasteiger partial charge in [0, 0.05) is 43.0 Å². The minimum atomic E-state index is -4.10. The van der Waals surface area contributed by atoms with E-state index in [1.807, 2.05) is 29.2 Å². The van der Waals surface area contributed by atoms with E-state index in [-0.39, 0.29) is 12.0 Å². The standard InChI is InChI=1S/C20H20F3N3O/c21-20(22,23)5-6-26-11-17-8-19(17,12-26)16-3-1-13(2-4-16)14-7-15(18(24)27)10-25-9-14/h1-4,7,9-10,17H,5-6,8,11-12H2,(H2,24,27)/t17-,19+/m1/s1. The van der Waals surface area contributed by atoms with E-state index in [1.54, 1.807) is 12.3 Å². The molecule has 2 aromatic rings. The van der Waals surface area contributed by atoms with Crippen molar-refractivity contribution < 1.29 is 18.0 Å². The number of rotatable bonds is 5. The topological polar surface area (TPSA) is 59.2 Å². The highest BCUT2D eigenvalue weighted by atomic mass is 19.4. The van der Waals surface area contributed by atoms with Crippen LogP contribution in [-0.2, 0) is 5.41 Å². The van der Waals surface area contributed by atoms with E-state index in [0.29, 0.717) is 18.0 Å². The van der Waals surface area contributed by atoms with Crippen LogP contribution >= 0.6 is 0 Å². The highest BCUT2D eigenvalue weighted by Gasteiger charge is 2.60. The molecule has 2 fully saturated rings. The lowest BCUT2D eigenvalue weighted by Gasteiger charge is -2.21. The zero-order chi connectivity index (χ0) is 19.2. The average molecular weight is 375 g/mol. The number of piperidine rings is 1. The number of hydrogen-bond acceptors (Lipinski definition) is 3. The molecule has 4 rings (SSSR count). The van der Waals surface area contributed by atoms with Crippen molar-refractivity contribution in [2.75, 3.05) is 19.6 Å². The number of alkyl halides is 3. The Morgan fingerprint density at radius 2 is 1.96 bits per heavy atom. The Morgan fingerprint density at radius 3 is 2.63 bits per heavy atom. The number of fused-ring (bicyclic) bond motifs is 1. The van der Waals surface area contributed by atoms with Crippen LogP contribution in [0.3, 0.4) is 0 Å². The molecule has 1 aliphatic carbocycles. The van der Waals surface area contributed by atoms with Gasteiger partial charge in [0.25, 0.3) is 0 Å². The van der Waals surface area contributed by atoms with Crippen molar-refractivity contribution in [2.24, 2.45) is 11.7 Å². The molecule has 1 aliphatic heterocycles. The maximum absolute atomic E-state index is 12.5. The Hall–Kier alpha value is -2.41. The number of nitrogens with two attached hydrogens (primary N) is 1. The second kappa shape index (κ2) is 6.34. The van der Waals surface area contributed by atoms with Gasteiger partial charge < -0.3 is 10.6 Å². The molecule has 7 heteroatoms. The van der Waals surface area contributed by atoms with Crippen molar-refractivity contribution >= 4 is 5.91 Å². The van der Waals surface area contributed by atoms with E-state index in [4.69, 9.17) is 5.73 Å². The van der Waals surface area contributed by atoms with Crippen molar-refractivity contribution in [3.8, 4) is 11.1 Å². The monoisotopic (exact) mass is 375 g/mol. The number of carbonyl (C=O) groups excluding carboxylic acids is 1. The molecule has 4 nitrogen and oxygen atoms in total. The third-order valence-corrected chi connectivity index (χ3v) is 5.74. The Kier molecular flexibility index (Phi) is 4.22. The van der Waals surface area contributed by atoms with Gasteiger partial charge in [-0.3, -0.25) is 9.78 Å². The van der Waals surface area contributed by atoms with Crippen LogP contribution in [-0.4, -0.2) is 41.6 Å². The highest BCUT2D eigenvalue weighted by molar-refractivity contribution is 5.93. The van der Waals surface area contributed by atoms with E-state index in [9.17, 15) is 18.0 Å². The lowest BCUT2D eigenvalue weighted by Crippen LogP contribution is -2.30. The lowest BCUT2D eigenvalue weighted by atomic mass is 9.93. The molecule has 142 valence electrons. The third kappa shape index (κ3) is 3.56. The molecule has 2 aliphatic rings. The van der Waals surface area contributed by atoms with Gasteiger partial charge in [0.2, 0.25) is 5.91 Å². The first-order valence-electron chi connectivity index (χ1n) is 8.92. The molecule has 2 atom stereocenters. The summed E-state index contributed by atoms with van der Waals surface area (Å²) >= 11 is 0. The van der Waals surface area contributed by atoms with E-state index < -0.39 is 18.5 Å². The molecule has 27 heavy (non-hydrogen) atoms. The van der Waals surface area contributed by atoms with Gasteiger partial charge in [-0.1, -0.05) is 24.3 Å². The predicted octanol–water partition coefficient (Wildman–Crippen LogP) is 3.37. The summed E-state index contributed by atoms with van der Waals surface area (Å²) in [6.07, 6.45) is -0.712. The van der Waals surface area contributed by atoms with Gasteiger partial charge in [0.1, 0.15) is 0 Å². The summed E-state index contributed by atoms with van der Waals surface area (Å²) in [6.45, 7) is 1.50. The zero-order valence-corrected chi connectivity index (χ0v) is 14.7. The number of likely N-dealkylation sites (tertiary alicyclic amines) is 1. The molecule has 1 aromatic carbocycles. The molecule has 0 radical (unpaired) electrons. The molecule has 0 spiro atoms. The fourth-order valence-corrected chi connectivity index (χ4v) is 4.22. The summed E-state index contributed by atoms with van der Waals surface area (Å²) < 4.78 is 37.4. The van der Waals surface area contributed by atoms with Gasteiger partial charge in [-0.15, -0.1) is 0 Å². The number of amides is 1. The number of aromatic nitrogens is 1. The maximum Gasteiger partial charge on any atom is 0.390 e. The minimum absolute atomic E-state index is 0.00253. The smallest absolute Gasteiger partial charge is 0.366 e. The molecule has 1 aromatic heterocycles. The van der Waals surface area contributed by atoms with Gasteiger partial charge in [-0.25, -0.2) is 0 Å². The molecular formula is C20H20F3N3O. The summed E-state index contributed by atoms with van der Waals surface area (Å²) in [6, 6.07) is 9.73. The number of halogens is 3. The Balaban J connectivity index is 1.47. The Bertz CT molecular complexity index is 866. The molecule has 2 N–H and O–H groups in total. The summed E-state index contributed by atoms with van der Waals surface area (Å²) in [5.41, 5.74) is 8.56. The Morgan fingerprint density at radius 1 is 1.22 bits per heavy atom. The van der Waals surface area contributed by atoms with Gasteiger partial charge in [0.05, 0.1) is 12.0 Å². The van der Waals surface area contributed by atoms with Crippen LogP contribution in [0.5, 0.6) is 0 Å². The van der Waals surface area contributed by atoms with E-state index in [1.165, 1.54) is 11.8 Å². The predicted molar refractivity (Wildman–Crippen MR) is 95.1 cm³/mol. The van der Waals surface area contributed by atoms with Crippen LogP contribution in [0.4, 0.5) is 13.2 Å². The second-order valence-electron chi connectivity index (χ2n) is 7.56. The van der Waals surface area contributed by atoms with Crippen LogP contribution in [0.2, 0.25) is 0 Å². The average Bonchev–Trinajstić information content (AvgIpc) is 3.21. The Labute approximate surface area is 155 Å². The van der Waals surface area contributed by atoms with Crippen LogP contribution in [0.25, 0.3) is 11.1 Å². The van der Waals surface area contributed by atoms with Gasteiger partial charge >= 0.3 is 6.18 Å². The molecule has 0 unspecified atom stereocenters. The first-order chi connectivity index (χ1) is 12.8. The zero-order valence-electron chi connectivity index (χ0n) is 14.7. The van der Waals surface area contributed by atoms with Crippen LogP contribution in [0.1, 0.15) is 28.8 Å². The van der Waals surface area contributed by atoms with Crippen LogP contribution in [0.15, 0.2) is 42.7 Å². The number of nitrogens with zero attached hydrogens (tertiary/aromatic N) is 2. The van der Waals surface area contributed by atoms with Crippen LogP contribution < -0.4 is 5.73 Å². The van der Waals surface area contributed by atoms with Crippen molar-refractivity contribution in [3.05, 3.63) is 53.9 Å². The third-order valence-electron chi connectivity index (χ3n) is 5.74. The first kappa shape index (κ1) is 18.0. The number of benzene rings is 1. The normalized spacial score (nSPS) is 24.6. The molecule has 0 bridgehead atoms.